The van der Waals surface area contributed by atoms with Gasteiger partial charge >= 0.3 is 0 Å². The van der Waals surface area contributed by atoms with E-state index in [0.29, 0.717) is 6.04 Å². The average Bonchev–Trinajstić information content (AvgIpc) is 2.80. The monoisotopic (exact) mass is 236 g/mol. The van der Waals surface area contributed by atoms with Crippen LogP contribution in [0.5, 0.6) is 0 Å². The van der Waals surface area contributed by atoms with Crippen LogP contribution in [0, 0.1) is 5.92 Å². The van der Waals surface area contributed by atoms with E-state index in [1.165, 1.54) is 13.0 Å². The van der Waals surface area contributed by atoms with Gasteiger partial charge in [-0.1, -0.05) is 13.8 Å². The lowest BCUT2D eigenvalue weighted by Crippen LogP contribution is -2.52. The molecule has 1 aromatic rings. The van der Waals surface area contributed by atoms with Gasteiger partial charge in [-0.2, -0.15) is 5.10 Å². The second-order valence-electron chi connectivity index (χ2n) is 5.29. The molecule has 0 amide bonds. The molecule has 0 radical (unpaired) electrons. The minimum absolute atomic E-state index is 0.694. The second-order valence-corrected chi connectivity index (χ2v) is 5.29. The zero-order chi connectivity index (χ0) is 12.1. The van der Waals surface area contributed by atoms with Gasteiger partial charge in [0, 0.05) is 44.6 Å². The maximum atomic E-state index is 4.26. The Labute approximate surface area is 104 Å². The van der Waals surface area contributed by atoms with Gasteiger partial charge in [0.2, 0.25) is 0 Å². The molecule has 1 aromatic heterocycles. The number of hydrogen-bond acceptors (Lipinski definition) is 3. The van der Waals surface area contributed by atoms with Crippen LogP contribution in [0.25, 0.3) is 0 Å². The SMILES string of the molecule is CC(C)CC1CNCCN1CCn1cccn1. The Kier molecular flexibility index (Phi) is 4.57. The van der Waals surface area contributed by atoms with Gasteiger partial charge in [-0.25, -0.2) is 0 Å². The standard InChI is InChI=1S/C13H24N4/c1-12(2)10-13-11-14-5-7-16(13)8-9-17-6-3-4-15-17/h3-4,6,12-14H,5,7-11H2,1-2H3. The number of rotatable bonds is 5. The van der Waals surface area contributed by atoms with E-state index in [2.05, 4.69) is 29.2 Å². The lowest BCUT2D eigenvalue weighted by molar-refractivity contribution is 0.135. The van der Waals surface area contributed by atoms with Gasteiger partial charge in [-0.3, -0.25) is 9.58 Å². The molecule has 1 N–H and O–H groups in total. The van der Waals surface area contributed by atoms with E-state index in [-0.39, 0.29) is 0 Å². The summed E-state index contributed by atoms with van der Waals surface area (Å²) in [5.74, 6) is 0.770. The molecule has 0 saturated carbocycles. The molecule has 1 saturated heterocycles. The third-order valence-corrected chi connectivity index (χ3v) is 3.39. The smallest absolute Gasteiger partial charge is 0.0536 e. The van der Waals surface area contributed by atoms with Crippen molar-refractivity contribution in [3.63, 3.8) is 0 Å². The van der Waals surface area contributed by atoms with Gasteiger partial charge < -0.3 is 5.32 Å². The number of hydrogen-bond donors (Lipinski definition) is 1. The molecule has 0 aromatic carbocycles. The average molecular weight is 236 g/mol. The Balaban J connectivity index is 1.83. The van der Waals surface area contributed by atoms with E-state index in [9.17, 15) is 0 Å². The van der Waals surface area contributed by atoms with Gasteiger partial charge in [0.25, 0.3) is 0 Å². The summed E-state index contributed by atoms with van der Waals surface area (Å²) in [6, 6.07) is 2.68. The molecule has 4 heteroatoms. The lowest BCUT2D eigenvalue weighted by atomic mass is 10.0. The van der Waals surface area contributed by atoms with Crippen molar-refractivity contribution in [2.24, 2.45) is 5.92 Å². The van der Waals surface area contributed by atoms with E-state index in [4.69, 9.17) is 0 Å². The molecule has 96 valence electrons. The summed E-state index contributed by atoms with van der Waals surface area (Å²) in [5, 5.41) is 7.76. The maximum absolute atomic E-state index is 4.26. The number of piperazine rings is 1. The minimum Gasteiger partial charge on any atom is -0.314 e. The van der Waals surface area contributed by atoms with E-state index in [1.54, 1.807) is 0 Å². The first-order valence-electron chi connectivity index (χ1n) is 6.68. The molecule has 1 unspecified atom stereocenters. The van der Waals surface area contributed by atoms with Crippen LogP contribution in [-0.4, -0.2) is 46.9 Å². The predicted molar refractivity (Wildman–Crippen MR) is 69.9 cm³/mol. The first-order valence-corrected chi connectivity index (χ1v) is 6.68. The number of aromatic nitrogens is 2. The van der Waals surface area contributed by atoms with Crippen molar-refractivity contribution in [1.82, 2.24) is 20.0 Å². The molecule has 17 heavy (non-hydrogen) atoms. The van der Waals surface area contributed by atoms with Crippen LogP contribution < -0.4 is 5.32 Å². The first kappa shape index (κ1) is 12.6. The normalized spacial score (nSPS) is 22.2. The zero-order valence-corrected chi connectivity index (χ0v) is 11.0. The highest BCUT2D eigenvalue weighted by Gasteiger charge is 2.22. The Bertz CT molecular complexity index is 307. The molecule has 0 spiro atoms. The van der Waals surface area contributed by atoms with E-state index >= 15 is 0 Å². The summed E-state index contributed by atoms with van der Waals surface area (Å²) in [7, 11) is 0. The van der Waals surface area contributed by atoms with Gasteiger partial charge in [0.05, 0.1) is 6.54 Å². The van der Waals surface area contributed by atoms with Crippen LogP contribution in [0.2, 0.25) is 0 Å². The van der Waals surface area contributed by atoms with Gasteiger partial charge in [0.1, 0.15) is 0 Å². The number of nitrogens with one attached hydrogen (secondary N) is 1. The molecule has 0 aliphatic carbocycles. The molecule has 2 heterocycles. The summed E-state index contributed by atoms with van der Waals surface area (Å²) < 4.78 is 2.02. The van der Waals surface area contributed by atoms with E-state index in [0.717, 1.165) is 32.1 Å². The number of nitrogens with zero attached hydrogens (tertiary/aromatic N) is 3. The van der Waals surface area contributed by atoms with Crippen molar-refractivity contribution >= 4 is 0 Å². The molecule has 2 rings (SSSR count). The van der Waals surface area contributed by atoms with Gasteiger partial charge in [-0.05, 0) is 18.4 Å². The minimum atomic E-state index is 0.694. The Morgan fingerprint density at radius 3 is 3.00 bits per heavy atom. The molecule has 4 nitrogen and oxygen atoms in total. The fourth-order valence-corrected chi connectivity index (χ4v) is 2.54. The molecule has 1 atom stereocenters. The summed E-state index contributed by atoms with van der Waals surface area (Å²) in [6.45, 7) is 10.1. The van der Waals surface area contributed by atoms with Gasteiger partial charge in [0.15, 0.2) is 0 Å². The third-order valence-electron chi connectivity index (χ3n) is 3.39. The highest BCUT2D eigenvalue weighted by atomic mass is 15.3. The Morgan fingerprint density at radius 1 is 1.41 bits per heavy atom. The van der Waals surface area contributed by atoms with Gasteiger partial charge in [-0.15, -0.1) is 0 Å². The summed E-state index contributed by atoms with van der Waals surface area (Å²) in [6.07, 6.45) is 5.18. The third kappa shape index (κ3) is 3.82. The van der Waals surface area contributed by atoms with Crippen LogP contribution in [0.1, 0.15) is 20.3 Å². The largest absolute Gasteiger partial charge is 0.314 e. The maximum Gasteiger partial charge on any atom is 0.0536 e. The van der Waals surface area contributed by atoms with E-state index < -0.39 is 0 Å². The van der Waals surface area contributed by atoms with Crippen molar-refractivity contribution in [3.05, 3.63) is 18.5 Å². The predicted octanol–water partition coefficient (Wildman–Crippen LogP) is 1.20. The molecule has 1 fully saturated rings. The van der Waals surface area contributed by atoms with Crippen molar-refractivity contribution < 1.29 is 0 Å². The molecular weight excluding hydrogens is 212 g/mol. The molecule has 1 aliphatic rings. The fourth-order valence-electron chi connectivity index (χ4n) is 2.54. The van der Waals surface area contributed by atoms with Crippen molar-refractivity contribution in [1.29, 1.82) is 0 Å². The topological polar surface area (TPSA) is 33.1 Å². The van der Waals surface area contributed by atoms with Crippen molar-refractivity contribution in [2.75, 3.05) is 26.2 Å². The van der Waals surface area contributed by atoms with Crippen LogP contribution in [0.15, 0.2) is 18.5 Å². The highest BCUT2D eigenvalue weighted by Crippen LogP contribution is 2.13. The van der Waals surface area contributed by atoms with E-state index in [1.807, 2.05) is 23.1 Å². The van der Waals surface area contributed by atoms with Crippen LogP contribution in [0.4, 0.5) is 0 Å². The summed E-state index contributed by atoms with van der Waals surface area (Å²) in [5.41, 5.74) is 0. The molecule has 0 bridgehead atoms. The molecule has 1 aliphatic heterocycles. The second kappa shape index (κ2) is 6.17. The Hall–Kier alpha value is -0.870. The molecular formula is C13H24N4. The Morgan fingerprint density at radius 2 is 2.29 bits per heavy atom. The van der Waals surface area contributed by atoms with Crippen LogP contribution in [-0.2, 0) is 6.54 Å². The van der Waals surface area contributed by atoms with Crippen molar-refractivity contribution in [2.45, 2.75) is 32.9 Å². The highest BCUT2D eigenvalue weighted by molar-refractivity contribution is 4.82. The fraction of sp³-hybridized carbons (Fsp3) is 0.769. The summed E-state index contributed by atoms with van der Waals surface area (Å²) in [4.78, 5) is 2.61. The lowest BCUT2D eigenvalue weighted by Gasteiger charge is -2.37. The van der Waals surface area contributed by atoms with Crippen LogP contribution in [0.3, 0.4) is 0 Å². The van der Waals surface area contributed by atoms with Crippen LogP contribution >= 0.6 is 0 Å². The van der Waals surface area contributed by atoms with Crippen molar-refractivity contribution in [3.8, 4) is 0 Å². The first-order chi connectivity index (χ1) is 8.25. The quantitative estimate of drug-likeness (QED) is 0.834. The summed E-state index contributed by atoms with van der Waals surface area (Å²) >= 11 is 0. The zero-order valence-electron chi connectivity index (χ0n) is 11.0.